The molecule has 2 aromatic heterocycles. The molecule has 1 aliphatic carbocycles. The molecular formula is C12H13N3O3S. The molecule has 19 heavy (non-hydrogen) atoms. The van der Waals surface area contributed by atoms with E-state index in [1.54, 1.807) is 10.9 Å². The molecule has 0 spiro atoms. The highest BCUT2D eigenvalue weighted by Crippen LogP contribution is 2.24. The Hall–Kier alpha value is -1.73. The lowest BCUT2D eigenvalue weighted by Gasteiger charge is -2.22. The number of thiazole rings is 1. The zero-order chi connectivity index (χ0) is 13.2. The highest BCUT2D eigenvalue weighted by atomic mass is 32.1. The van der Waals surface area contributed by atoms with Gasteiger partial charge in [0.1, 0.15) is 17.1 Å². The van der Waals surface area contributed by atoms with Crippen molar-refractivity contribution < 1.29 is 14.4 Å². The Labute approximate surface area is 113 Å². The third kappa shape index (κ3) is 2.39. The molecule has 0 bridgehead atoms. The van der Waals surface area contributed by atoms with Crippen molar-refractivity contribution in [3.05, 3.63) is 33.6 Å². The van der Waals surface area contributed by atoms with E-state index in [1.165, 1.54) is 11.3 Å². The van der Waals surface area contributed by atoms with Crippen LogP contribution in [0, 0.1) is 0 Å². The lowest BCUT2D eigenvalue weighted by Crippen LogP contribution is -2.39. The van der Waals surface area contributed by atoms with Crippen LogP contribution in [-0.2, 0) is 19.4 Å². The van der Waals surface area contributed by atoms with Crippen molar-refractivity contribution in [1.29, 1.82) is 0 Å². The Bertz CT molecular complexity index is 566. The first kappa shape index (κ1) is 12.3. The van der Waals surface area contributed by atoms with E-state index < -0.39 is 0 Å². The molecule has 0 aromatic carbocycles. The Balaban J connectivity index is 1.70. The third-order valence-electron chi connectivity index (χ3n) is 3.27. The largest absolute Gasteiger partial charge is 0.390 e. The van der Waals surface area contributed by atoms with Gasteiger partial charge in [-0.1, -0.05) is 5.16 Å². The highest BCUT2D eigenvalue weighted by molar-refractivity contribution is 7.07. The number of hydrogen-bond donors (Lipinski definition) is 2. The molecule has 1 aliphatic rings. The molecule has 0 radical (unpaired) electrons. The van der Waals surface area contributed by atoms with Gasteiger partial charge < -0.3 is 14.9 Å². The molecule has 0 saturated carbocycles. The van der Waals surface area contributed by atoms with Gasteiger partial charge in [0, 0.05) is 23.4 Å². The predicted molar refractivity (Wildman–Crippen MR) is 67.8 cm³/mol. The molecule has 0 fully saturated rings. The van der Waals surface area contributed by atoms with Gasteiger partial charge >= 0.3 is 0 Å². The number of carbonyl (C=O) groups is 1. The Morgan fingerprint density at radius 2 is 2.53 bits per heavy atom. The first-order chi connectivity index (χ1) is 9.28. The molecule has 1 atom stereocenters. The second kappa shape index (κ2) is 5.10. The molecule has 1 amide bonds. The molecule has 2 heterocycles. The van der Waals surface area contributed by atoms with Crippen LogP contribution in [0.1, 0.15) is 33.9 Å². The zero-order valence-corrected chi connectivity index (χ0v) is 10.9. The minimum absolute atomic E-state index is 0.0337. The summed E-state index contributed by atoms with van der Waals surface area (Å²) >= 11 is 1.40. The predicted octanol–water partition coefficient (Wildman–Crippen LogP) is 0.911. The fourth-order valence-corrected chi connectivity index (χ4v) is 2.83. The first-order valence-electron chi connectivity index (χ1n) is 6.04. The van der Waals surface area contributed by atoms with Crippen LogP contribution in [0.2, 0.25) is 0 Å². The number of aliphatic hydroxyl groups is 1. The molecule has 3 rings (SSSR count). The topological polar surface area (TPSA) is 88.2 Å². The van der Waals surface area contributed by atoms with E-state index in [0.29, 0.717) is 17.8 Å². The van der Waals surface area contributed by atoms with Crippen LogP contribution in [0.15, 0.2) is 15.4 Å². The summed E-state index contributed by atoms with van der Waals surface area (Å²) in [5.74, 6) is 0.667. The summed E-state index contributed by atoms with van der Waals surface area (Å²) in [4.78, 5) is 15.9. The van der Waals surface area contributed by atoms with Gasteiger partial charge in [-0.25, -0.2) is 4.98 Å². The summed E-state index contributed by atoms with van der Waals surface area (Å²) in [6.45, 7) is -0.133. The van der Waals surface area contributed by atoms with Crippen LogP contribution in [0.25, 0.3) is 0 Å². The molecule has 2 aromatic rings. The Morgan fingerprint density at radius 3 is 3.26 bits per heavy atom. The Kier molecular flexibility index (Phi) is 3.31. The zero-order valence-electron chi connectivity index (χ0n) is 10.1. The number of rotatable bonds is 3. The summed E-state index contributed by atoms with van der Waals surface area (Å²) in [5.41, 5.74) is 3.58. The number of aromatic nitrogens is 2. The summed E-state index contributed by atoms with van der Waals surface area (Å²) < 4.78 is 5.17. The smallest absolute Gasteiger partial charge is 0.270 e. The minimum atomic E-state index is -0.156. The normalized spacial score (nSPS) is 18.1. The van der Waals surface area contributed by atoms with E-state index >= 15 is 0 Å². The van der Waals surface area contributed by atoms with Crippen molar-refractivity contribution in [3.8, 4) is 0 Å². The van der Waals surface area contributed by atoms with Gasteiger partial charge in [-0.2, -0.15) is 0 Å². The van der Waals surface area contributed by atoms with Gasteiger partial charge in [0.15, 0.2) is 0 Å². The average molecular weight is 279 g/mol. The van der Waals surface area contributed by atoms with Crippen LogP contribution in [0.4, 0.5) is 0 Å². The van der Waals surface area contributed by atoms with Crippen molar-refractivity contribution >= 4 is 17.2 Å². The lowest BCUT2D eigenvalue weighted by atomic mass is 9.92. The van der Waals surface area contributed by atoms with Gasteiger partial charge in [-0.05, 0) is 12.8 Å². The number of aryl methyl sites for hydroxylation is 1. The SMILES string of the molecule is O=C(NC1CCc2onc(CO)c2C1)c1cscn1. The van der Waals surface area contributed by atoms with Crippen molar-refractivity contribution in [3.63, 3.8) is 0 Å². The van der Waals surface area contributed by atoms with Crippen molar-refractivity contribution in [2.45, 2.75) is 31.9 Å². The van der Waals surface area contributed by atoms with Crippen LogP contribution >= 0.6 is 11.3 Å². The molecular weight excluding hydrogens is 266 g/mol. The summed E-state index contributed by atoms with van der Waals surface area (Å²) in [6.07, 6.45) is 2.18. The molecule has 0 saturated heterocycles. The van der Waals surface area contributed by atoms with Crippen LogP contribution in [-0.4, -0.2) is 27.2 Å². The van der Waals surface area contributed by atoms with Gasteiger partial charge in [0.05, 0.1) is 12.1 Å². The standard InChI is InChI=1S/C12H13N3O3S/c16-4-9-8-3-7(1-2-11(8)18-15-9)14-12(17)10-5-19-6-13-10/h5-7,16H,1-4H2,(H,14,17). The number of nitrogens with zero attached hydrogens (tertiary/aromatic N) is 2. The molecule has 2 N–H and O–H groups in total. The second-order valence-electron chi connectivity index (χ2n) is 4.48. The van der Waals surface area contributed by atoms with Crippen LogP contribution in [0.5, 0.6) is 0 Å². The van der Waals surface area contributed by atoms with Crippen molar-refractivity contribution in [2.75, 3.05) is 0 Å². The van der Waals surface area contributed by atoms with Crippen molar-refractivity contribution in [2.24, 2.45) is 0 Å². The number of fused-ring (bicyclic) bond motifs is 1. The summed E-state index contributed by atoms with van der Waals surface area (Å²) in [7, 11) is 0. The molecule has 1 unspecified atom stereocenters. The van der Waals surface area contributed by atoms with Gasteiger partial charge in [0.25, 0.3) is 5.91 Å². The van der Waals surface area contributed by atoms with E-state index in [4.69, 9.17) is 4.52 Å². The van der Waals surface area contributed by atoms with Gasteiger partial charge in [-0.15, -0.1) is 11.3 Å². The average Bonchev–Trinajstić information content (AvgIpc) is 3.07. The molecule has 100 valence electrons. The fraction of sp³-hybridized carbons (Fsp3) is 0.417. The maximum absolute atomic E-state index is 11.9. The van der Waals surface area contributed by atoms with E-state index in [2.05, 4.69) is 15.5 Å². The maximum atomic E-state index is 11.9. The Morgan fingerprint density at radius 1 is 1.63 bits per heavy atom. The summed E-state index contributed by atoms with van der Waals surface area (Å²) in [6, 6.07) is 0.0337. The number of amides is 1. The van der Waals surface area contributed by atoms with E-state index in [1.807, 2.05) is 0 Å². The number of nitrogens with one attached hydrogen (secondary N) is 1. The lowest BCUT2D eigenvalue weighted by molar-refractivity contribution is 0.0928. The van der Waals surface area contributed by atoms with Gasteiger partial charge in [-0.3, -0.25) is 4.79 Å². The van der Waals surface area contributed by atoms with Crippen molar-refractivity contribution in [1.82, 2.24) is 15.5 Å². The van der Waals surface area contributed by atoms with Crippen LogP contribution < -0.4 is 5.32 Å². The monoisotopic (exact) mass is 279 g/mol. The van der Waals surface area contributed by atoms with E-state index in [9.17, 15) is 9.90 Å². The quantitative estimate of drug-likeness (QED) is 0.872. The first-order valence-corrected chi connectivity index (χ1v) is 6.98. The molecule has 0 aliphatic heterocycles. The molecule has 7 heteroatoms. The second-order valence-corrected chi connectivity index (χ2v) is 5.19. The van der Waals surface area contributed by atoms with E-state index in [0.717, 1.165) is 24.2 Å². The number of aliphatic hydroxyl groups excluding tert-OH is 1. The van der Waals surface area contributed by atoms with Gasteiger partial charge in [0.2, 0.25) is 0 Å². The maximum Gasteiger partial charge on any atom is 0.270 e. The molecule has 6 nitrogen and oxygen atoms in total. The number of hydrogen-bond acceptors (Lipinski definition) is 6. The number of carbonyl (C=O) groups excluding carboxylic acids is 1. The highest BCUT2D eigenvalue weighted by Gasteiger charge is 2.26. The third-order valence-corrected chi connectivity index (χ3v) is 3.86. The fourth-order valence-electron chi connectivity index (χ4n) is 2.29. The van der Waals surface area contributed by atoms with E-state index in [-0.39, 0.29) is 18.6 Å². The minimum Gasteiger partial charge on any atom is -0.390 e. The summed E-state index contributed by atoms with van der Waals surface area (Å²) in [5, 5.41) is 17.7. The van der Waals surface area contributed by atoms with Crippen LogP contribution in [0.3, 0.4) is 0 Å².